The number of ether oxygens (including phenoxy) is 2. The van der Waals surface area contributed by atoms with E-state index in [0.29, 0.717) is 21.7 Å². The Bertz CT molecular complexity index is 1000. The number of anilines is 1. The first-order valence-corrected chi connectivity index (χ1v) is 10.6. The summed E-state index contributed by atoms with van der Waals surface area (Å²) in [6.07, 6.45) is 3.45. The molecule has 0 saturated heterocycles. The highest BCUT2D eigenvalue weighted by Gasteiger charge is 2.36. The van der Waals surface area contributed by atoms with Crippen molar-refractivity contribution in [1.29, 1.82) is 0 Å². The van der Waals surface area contributed by atoms with E-state index < -0.39 is 17.9 Å². The number of hydrogen-bond donors (Lipinski definition) is 0. The molecule has 0 spiro atoms. The zero-order valence-corrected chi connectivity index (χ0v) is 18.9. The maximum Gasteiger partial charge on any atom is 0.336 e. The Morgan fingerprint density at radius 3 is 1.94 bits per heavy atom. The van der Waals surface area contributed by atoms with Gasteiger partial charge in [0, 0.05) is 23.1 Å². The predicted molar refractivity (Wildman–Crippen MR) is 122 cm³/mol. The molecular weight excluding hydrogens is 414 g/mol. The van der Waals surface area contributed by atoms with Crippen molar-refractivity contribution in [3.63, 3.8) is 0 Å². The molecule has 162 valence electrons. The minimum atomic E-state index is -0.654. The molecule has 2 aromatic carbocycles. The molecule has 2 aromatic rings. The smallest absolute Gasteiger partial charge is 0.336 e. The molecule has 0 atom stereocenters. The van der Waals surface area contributed by atoms with Crippen LogP contribution in [0.3, 0.4) is 0 Å². The van der Waals surface area contributed by atoms with Crippen LogP contribution in [-0.2, 0) is 19.1 Å². The summed E-state index contributed by atoms with van der Waals surface area (Å²) in [5, 5.41) is 0.514. The molecule has 0 radical (unpaired) electrons. The number of benzene rings is 2. The van der Waals surface area contributed by atoms with E-state index in [0.717, 1.165) is 16.8 Å². The molecule has 0 N–H and O–H groups in total. The Kier molecular flexibility index (Phi) is 7.18. The first-order valence-electron chi connectivity index (χ1n) is 10.2. The van der Waals surface area contributed by atoms with Crippen LogP contribution in [0, 0.1) is 13.8 Å². The van der Waals surface area contributed by atoms with Crippen molar-refractivity contribution in [2.75, 3.05) is 18.1 Å². The van der Waals surface area contributed by atoms with Gasteiger partial charge in [-0.3, -0.25) is 0 Å². The summed E-state index contributed by atoms with van der Waals surface area (Å²) >= 11 is 6.22. The van der Waals surface area contributed by atoms with Crippen molar-refractivity contribution in [2.45, 2.75) is 33.6 Å². The van der Waals surface area contributed by atoms with Gasteiger partial charge in [-0.2, -0.15) is 0 Å². The van der Waals surface area contributed by atoms with Crippen LogP contribution >= 0.6 is 11.6 Å². The second-order valence-electron chi connectivity index (χ2n) is 7.35. The van der Waals surface area contributed by atoms with E-state index in [9.17, 15) is 9.59 Å². The molecule has 0 fully saturated rings. The Morgan fingerprint density at radius 1 is 0.903 bits per heavy atom. The summed E-state index contributed by atoms with van der Waals surface area (Å²) in [6.45, 7) is 7.95. The van der Waals surface area contributed by atoms with Gasteiger partial charge in [0.1, 0.15) is 0 Å². The molecule has 31 heavy (non-hydrogen) atoms. The van der Waals surface area contributed by atoms with Gasteiger partial charge in [-0.15, -0.1) is 0 Å². The highest BCUT2D eigenvalue weighted by Crippen LogP contribution is 2.39. The summed E-state index contributed by atoms with van der Waals surface area (Å²) in [5.74, 6) is -1.63. The van der Waals surface area contributed by atoms with Crippen molar-refractivity contribution >= 4 is 29.2 Å². The van der Waals surface area contributed by atoms with Gasteiger partial charge in [0.05, 0.1) is 30.3 Å². The minimum Gasteiger partial charge on any atom is -0.463 e. The second kappa shape index (κ2) is 9.84. The van der Waals surface area contributed by atoms with Gasteiger partial charge < -0.3 is 14.4 Å². The maximum atomic E-state index is 13.0. The van der Waals surface area contributed by atoms with Crippen LogP contribution in [0.15, 0.2) is 66.0 Å². The lowest BCUT2D eigenvalue weighted by Crippen LogP contribution is -2.29. The highest BCUT2D eigenvalue weighted by atomic mass is 35.5. The minimum absolute atomic E-state index is 0.223. The fraction of sp³-hybridized carbons (Fsp3) is 0.280. The van der Waals surface area contributed by atoms with Crippen LogP contribution in [0.2, 0.25) is 5.02 Å². The topological polar surface area (TPSA) is 55.8 Å². The molecule has 0 aliphatic carbocycles. The number of carbonyl (C=O) groups is 2. The molecule has 1 aliphatic heterocycles. The lowest BCUT2D eigenvalue weighted by molar-refractivity contribution is -0.139. The zero-order chi connectivity index (χ0) is 22.5. The number of halogens is 1. The number of nitrogens with zero attached hydrogens (tertiary/aromatic N) is 1. The molecule has 0 aromatic heterocycles. The molecule has 0 saturated carbocycles. The first kappa shape index (κ1) is 22.6. The fourth-order valence-corrected chi connectivity index (χ4v) is 3.92. The van der Waals surface area contributed by atoms with Crippen LogP contribution in [-0.4, -0.2) is 25.2 Å². The number of esters is 2. The van der Waals surface area contributed by atoms with E-state index >= 15 is 0 Å². The van der Waals surface area contributed by atoms with Crippen LogP contribution in [0.5, 0.6) is 0 Å². The molecule has 1 aliphatic rings. The average Bonchev–Trinajstić information content (AvgIpc) is 2.72. The van der Waals surface area contributed by atoms with Crippen molar-refractivity contribution in [3.8, 4) is 0 Å². The average molecular weight is 440 g/mol. The quantitative estimate of drug-likeness (QED) is 0.560. The van der Waals surface area contributed by atoms with Crippen LogP contribution in [0.25, 0.3) is 0 Å². The molecule has 1 heterocycles. The van der Waals surface area contributed by atoms with Gasteiger partial charge in [-0.05, 0) is 68.7 Å². The van der Waals surface area contributed by atoms with Crippen molar-refractivity contribution < 1.29 is 19.1 Å². The van der Waals surface area contributed by atoms with Crippen molar-refractivity contribution in [1.82, 2.24) is 0 Å². The third-order valence-electron chi connectivity index (χ3n) is 4.89. The Labute approximate surface area is 187 Å². The SMILES string of the molecule is CCOC(=O)C1=CN(c2cc(C)cc(C)c2)C=C(C(=O)OCC)C1c1cccc(Cl)c1. The maximum absolute atomic E-state index is 13.0. The molecular formula is C25H26ClNO4. The Hall–Kier alpha value is -3.05. The number of rotatable bonds is 6. The summed E-state index contributed by atoms with van der Waals surface area (Å²) in [4.78, 5) is 27.7. The highest BCUT2D eigenvalue weighted by molar-refractivity contribution is 6.30. The van der Waals surface area contributed by atoms with E-state index in [-0.39, 0.29) is 13.2 Å². The van der Waals surface area contributed by atoms with Gasteiger partial charge in [0.2, 0.25) is 0 Å². The van der Waals surface area contributed by atoms with Gasteiger partial charge in [-0.25, -0.2) is 9.59 Å². The predicted octanol–water partition coefficient (Wildman–Crippen LogP) is 5.45. The lowest BCUT2D eigenvalue weighted by Gasteiger charge is -2.30. The fourth-order valence-electron chi connectivity index (χ4n) is 3.72. The van der Waals surface area contributed by atoms with E-state index in [1.54, 1.807) is 49.3 Å². The third kappa shape index (κ3) is 5.17. The number of aryl methyl sites for hydroxylation is 2. The molecule has 5 nitrogen and oxygen atoms in total. The first-order chi connectivity index (χ1) is 14.8. The summed E-state index contributed by atoms with van der Waals surface area (Å²) in [6, 6.07) is 13.2. The second-order valence-corrected chi connectivity index (χ2v) is 7.79. The molecule has 6 heteroatoms. The molecule has 0 amide bonds. The van der Waals surface area contributed by atoms with E-state index in [1.165, 1.54) is 0 Å². The van der Waals surface area contributed by atoms with E-state index in [1.807, 2.05) is 32.0 Å². The van der Waals surface area contributed by atoms with Crippen molar-refractivity contribution in [2.24, 2.45) is 0 Å². The molecule has 0 unspecified atom stereocenters. The Morgan fingerprint density at radius 2 is 1.45 bits per heavy atom. The standard InChI is InChI=1S/C25H26ClNO4/c1-5-30-24(28)21-14-27(20-11-16(3)10-17(4)12-20)15-22(25(29)31-6-2)23(21)18-8-7-9-19(26)13-18/h7-15,23H,5-6H2,1-4H3. The van der Waals surface area contributed by atoms with Gasteiger partial charge >= 0.3 is 11.9 Å². The van der Waals surface area contributed by atoms with Crippen LogP contribution < -0.4 is 4.90 Å². The normalized spacial score (nSPS) is 14.0. The molecule has 0 bridgehead atoms. The van der Waals surface area contributed by atoms with Gasteiger partial charge in [-0.1, -0.05) is 29.8 Å². The summed E-state index contributed by atoms with van der Waals surface area (Å²) in [7, 11) is 0. The van der Waals surface area contributed by atoms with Crippen LogP contribution in [0.4, 0.5) is 5.69 Å². The van der Waals surface area contributed by atoms with E-state index in [2.05, 4.69) is 6.07 Å². The largest absolute Gasteiger partial charge is 0.463 e. The third-order valence-corrected chi connectivity index (χ3v) is 5.12. The number of carbonyl (C=O) groups excluding carboxylic acids is 2. The van der Waals surface area contributed by atoms with Crippen LogP contribution in [0.1, 0.15) is 36.5 Å². The van der Waals surface area contributed by atoms with E-state index in [4.69, 9.17) is 21.1 Å². The van der Waals surface area contributed by atoms with Gasteiger partial charge in [0.15, 0.2) is 0 Å². The molecule has 3 rings (SSSR count). The van der Waals surface area contributed by atoms with Crippen molar-refractivity contribution in [3.05, 3.63) is 87.7 Å². The zero-order valence-electron chi connectivity index (χ0n) is 18.1. The summed E-state index contributed by atoms with van der Waals surface area (Å²) < 4.78 is 10.7. The Balaban J connectivity index is 2.20. The lowest BCUT2D eigenvalue weighted by atomic mass is 9.83. The number of hydrogen-bond acceptors (Lipinski definition) is 5. The van der Waals surface area contributed by atoms with Gasteiger partial charge in [0.25, 0.3) is 0 Å². The monoisotopic (exact) mass is 439 g/mol. The summed E-state index contributed by atoms with van der Waals surface area (Å²) in [5.41, 5.74) is 4.38.